The van der Waals surface area contributed by atoms with Crippen LogP contribution in [0.5, 0.6) is 0 Å². The molecule has 0 heterocycles. The van der Waals surface area contributed by atoms with Gasteiger partial charge in [-0.05, 0) is 0 Å². The fourth-order valence-electron chi connectivity index (χ4n) is 0.432. The maximum atomic E-state index is 10.1. The molecule has 0 saturated carbocycles. The Hall–Kier alpha value is -1.86. The average Bonchev–Trinajstić information content (AvgIpc) is 1.83. The van der Waals surface area contributed by atoms with Crippen molar-refractivity contribution in [3.05, 3.63) is 10.1 Å². The van der Waals surface area contributed by atoms with Gasteiger partial charge >= 0.3 is 11.9 Å². The lowest BCUT2D eigenvalue weighted by atomic mass is 10.2. The first-order valence-corrected chi connectivity index (χ1v) is 2.69. The molecule has 0 fully saturated rings. The van der Waals surface area contributed by atoms with E-state index in [1.165, 1.54) is 0 Å². The quantitative estimate of drug-likeness (QED) is 0.414. The van der Waals surface area contributed by atoms with Crippen molar-refractivity contribution in [3.8, 4) is 0 Å². The molecule has 68 valence electrons. The highest BCUT2D eigenvalue weighted by Gasteiger charge is 2.24. The van der Waals surface area contributed by atoms with Crippen molar-refractivity contribution in [1.82, 2.24) is 0 Å². The van der Waals surface area contributed by atoms with Crippen LogP contribution in [-0.4, -0.2) is 33.3 Å². The first kappa shape index (κ1) is 10.1. The minimum Gasteiger partial charge on any atom is -0.481 e. The Kier molecular flexibility index (Phi) is 3.47. The van der Waals surface area contributed by atoms with Crippen molar-refractivity contribution in [2.24, 2.45) is 0 Å². The van der Waals surface area contributed by atoms with Gasteiger partial charge in [0.1, 0.15) is 0 Å². The van der Waals surface area contributed by atoms with Crippen LogP contribution in [0.3, 0.4) is 0 Å². The summed E-state index contributed by atoms with van der Waals surface area (Å²) in [6.07, 6.45) is -2.89. The molecule has 0 aliphatic rings. The highest BCUT2D eigenvalue weighted by molar-refractivity contribution is 5.79. The molecule has 8 nitrogen and oxygen atoms in total. The summed E-state index contributed by atoms with van der Waals surface area (Å²) >= 11 is 0. The van der Waals surface area contributed by atoms with Crippen LogP contribution in [0, 0.1) is 10.1 Å². The number of aliphatic carboxylic acids is 2. The highest BCUT2D eigenvalue weighted by Crippen LogP contribution is 1.98. The molecule has 0 aromatic carbocycles. The van der Waals surface area contributed by atoms with Crippen molar-refractivity contribution < 1.29 is 29.7 Å². The van der Waals surface area contributed by atoms with Gasteiger partial charge < -0.3 is 10.2 Å². The zero-order valence-corrected chi connectivity index (χ0v) is 5.67. The summed E-state index contributed by atoms with van der Waals surface area (Å²) in [6.45, 7) is 0. The smallest absolute Gasteiger partial charge is 0.333 e. The molecule has 0 amide bonds. The van der Waals surface area contributed by atoms with Crippen molar-refractivity contribution in [1.29, 1.82) is 0 Å². The molecule has 12 heavy (non-hydrogen) atoms. The van der Waals surface area contributed by atoms with Crippen molar-refractivity contribution >= 4 is 11.9 Å². The molecule has 0 rings (SSSR count). The monoisotopic (exact) mass is 179 g/mol. The maximum absolute atomic E-state index is 10.1. The van der Waals surface area contributed by atoms with Gasteiger partial charge in [-0.15, -0.1) is 10.1 Å². The Morgan fingerprint density at radius 3 is 2.25 bits per heavy atom. The van der Waals surface area contributed by atoms with E-state index in [2.05, 4.69) is 4.84 Å². The lowest BCUT2D eigenvalue weighted by Gasteiger charge is -2.05. The second-order valence-corrected chi connectivity index (χ2v) is 1.75. The van der Waals surface area contributed by atoms with Crippen molar-refractivity contribution in [2.75, 3.05) is 0 Å². The topological polar surface area (TPSA) is 127 Å². The fourth-order valence-corrected chi connectivity index (χ4v) is 0.432. The van der Waals surface area contributed by atoms with Gasteiger partial charge in [0, 0.05) is 0 Å². The largest absolute Gasteiger partial charge is 0.481 e. The van der Waals surface area contributed by atoms with E-state index in [1.54, 1.807) is 0 Å². The van der Waals surface area contributed by atoms with E-state index < -0.39 is 29.6 Å². The van der Waals surface area contributed by atoms with Gasteiger partial charge in [0.05, 0.1) is 6.42 Å². The molecule has 0 spiro atoms. The predicted molar refractivity (Wildman–Crippen MR) is 31.8 cm³/mol. The first-order valence-electron chi connectivity index (χ1n) is 2.69. The molecule has 0 unspecified atom stereocenters. The van der Waals surface area contributed by atoms with Crippen LogP contribution >= 0.6 is 0 Å². The molecule has 8 heteroatoms. The third-order valence-electron chi connectivity index (χ3n) is 0.849. The number of carbonyl (C=O) groups is 2. The molecule has 0 saturated heterocycles. The summed E-state index contributed by atoms with van der Waals surface area (Å²) in [5, 5.41) is 24.5. The van der Waals surface area contributed by atoms with Gasteiger partial charge in [0.15, 0.2) is 0 Å². The standard InChI is InChI=1S/C4H5NO7/c6-3(7)1-2(4(8)9)12-5(10)11/h2H,1H2,(H,6,7)(H,8,9)/t2-/m0/s1. The summed E-state index contributed by atoms with van der Waals surface area (Å²) in [4.78, 5) is 33.2. The number of nitrogens with zero attached hydrogens (tertiary/aromatic N) is 1. The normalized spacial score (nSPS) is 11.7. The Balaban J connectivity index is 4.14. The number of carboxylic acids is 2. The summed E-state index contributed by atoms with van der Waals surface area (Å²) in [5.41, 5.74) is 0. The third kappa shape index (κ3) is 4.04. The minimum atomic E-state index is -1.95. The predicted octanol–water partition coefficient (Wildman–Crippen LogP) is -0.877. The molecule has 0 aliphatic heterocycles. The zero-order chi connectivity index (χ0) is 9.72. The van der Waals surface area contributed by atoms with E-state index in [1.807, 2.05) is 0 Å². The number of rotatable bonds is 5. The molecule has 0 aromatic heterocycles. The Bertz CT molecular complexity index is 195. The Morgan fingerprint density at radius 2 is 2.00 bits per heavy atom. The van der Waals surface area contributed by atoms with Crippen molar-refractivity contribution in [2.45, 2.75) is 12.5 Å². The lowest BCUT2D eigenvalue weighted by molar-refractivity contribution is -0.764. The average molecular weight is 179 g/mol. The molecule has 1 atom stereocenters. The maximum Gasteiger partial charge on any atom is 0.333 e. The molecule has 0 radical (unpaired) electrons. The number of carboxylic acid groups (broad SMARTS) is 2. The number of hydrogen-bond donors (Lipinski definition) is 2. The van der Waals surface area contributed by atoms with Crippen LogP contribution in [-0.2, 0) is 14.4 Å². The summed E-state index contributed by atoms with van der Waals surface area (Å²) in [5.74, 6) is -3.17. The minimum absolute atomic E-state index is 0.948. The van der Waals surface area contributed by atoms with Gasteiger partial charge in [0.2, 0.25) is 6.10 Å². The van der Waals surface area contributed by atoms with Crippen LogP contribution < -0.4 is 0 Å². The van der Waals surface area contributed by atoms with Crippen LogP contribution in [0.4, 0.5) is 0 Å². The molecule has 2 N–H and O–H groups in total. The number of hydrogen-bond acceptors (Lipinski definition) is 5. The van der Waals surface area contributed by atoms with E-state index in [0.29, 0.717) is 0 Å². The van der Waals surface area contributed by atoms with Crippen LogP contribution in [0.25, 0.3) is 0 Å². The lowest BCUT2D eigenvalue weighted by Crippen LogP contribution is -2.29. The van der Waals surface area contributed by atoms with Crippen LogP contribution in [0.1, 0.15) is 6.42 Å². The molecular formula is C4H5NO7. The van der Waals surface area contributed by atoms with Crippen molar-refractivity contribution in [3.63, 3.8) is 0 Å². The van der Waals surface area contributed by atoms with Gasteiger partial charge in [0.25, 0.3) is 5.09 Å². The Morgan fingerprint density at radius 1 is 1.50 bits per heavy atom. The van der Waals surface area contributed by atoms with E-state index >= 15 is 0 Å². The summed E-state index contributed by atoms with van der Waals surface area (Å²) in [7, 11) is 0. The highest BCUT2D eigenvalue weighted by atomic mass is 17.0. The van der Waals surface area contributed by atoms with E-state index in [4.69, 9.17) is 10.2 Å². The van der Waals surface area contributed by atoms with Crippen LogP contribution in [0.2, 0.25) is 0 Å². The zero-order valence-electron chi connectivity index (χ0n) is 5.67. The van der Waals surface area contributed by atoms with Crippen LogP contribution in [0.15, 0.2) is 0 Å². The molecular weight excluding hydrogens is 174 g/mol. The molecule has 0 aliphatic carbocycles. The molecule has 0 bridgehead atoms. The summed E-state index contributed by atoms with van der Waals surface area (Å²) < 4.78 is 0. The molecule has 0 aromatic rings. The first-order chi connectivity index (χ1) is 5.43. The van der Waals surface area contributed by atoms with Gasteiger partial charge in [-0.25, -0.2) is 4.79 Å². The third-order valence-corrected chi connectivity index (χ3v) is 0.849. The summed E-state index contributed by atoms with van der Waals surface area (Å²) in [6, 6.07) is 0. The second kappa shape index (κ2) is 4.11. The fraction of sp³-hybridized carbons (Fsp3) is 0.500. The van der Waals surface area contributed by atoms with E-state index in [-0.39, 0.29) is 0 Å². The van der Waals surface area contributed by atoms with Gasteiger partial charge in [-0.1, -0.05) is 0 Å². The van der Waals surface area contributed by atoms with Gasteiger partial charge in [-0.2, -0.15) is 0 Å². The second-order valence-electron chi connectivity index (χ2n) is 1.75. The van der Waals surface area contributed by atoms with Gasteiger partial charge in [-0.3, -0.25) is 9.63 Å². The SMILES string of the molecule is O=C(O)C[C@H](O[N+](=O)[O-])C(=O)O. The van der Waals surface area contributed by atoms with E-state index in [9.17, 15) is 19.7 Å². The Labute approximate surface area is 65.5 Å². The van der Waals surface area contributed by atoms with E-state index in [0.717, 1.165) is 0 Å².